The van der Waals surface area contributed by atoms with Crippen LogP contribution in [0.1, 0.15) is 17.5 Å². The van der Waals surface area contributed by atoms with Crippen LogP contribution in [0.25, 0.3) is 0 Å². The van der Waals surface area contributed by atoms with Crippen molar-refractivity contribution in [1.29, 1.82) is 0 Å². The van der Waals surface area contributed by atoms with Crippen molar-refractivity contribution in [2.45, 2.75) is 19.9 Å². The summed E-state index contributed by atoms with van der Waals surface area (Å²) >= 11 is 0. The molecule has 1 aromatic rings. The van der Waals surface area contributed by atoms with Crippen LogP contribution in [0.3, 0.4) is 0 Å². The number of amides is 1. The molecule has 0 spiro atoms. The van der Waals surface area contributed by atoms with Gasteiger partial charge in [0.25, 0.3) is 0 Å². The summed E-state index contributed by atoms with van der Waals surface area (Å²) in [5.41, 5.74) is 2.24. The molecule has 0 aromatic heterocycles. The summed E-state index contributed by atoms with van der Waals surface area (Å²) in [5, 5.41) is 0. The second kappa shape index (κ2) is 5.33. The van der Waals surface area contributed by atoms with E-state index in [1.165, 1.54) is 0 Å². The number of nitrogens with zero attached hydrogens (tertiary/aromatic N) is 1. The smallest absolute Gasteiger partial charge is 0.226 e. The zero-order valence-corrected chi connectivity index (χ0v) is 12.1. The van der Waals surface area contributed by atoms with Crippen molar-refractivity contribution < 1.29 is 13.2 Å². The average Bonchev–Trinajstić information content (AvgIpc) is 2.71. The van der Waals surface area contributed by atoms with E-state index in [1.807, 2.05) is 31.2 Å². The van der Waals surface area contributed by atoms with Crippen LogP contribution in [0.15, 0.2) is 24.3 Å². The van der Waals surface area contributed by atoms with E-state index in [9.17, 15) is 13.2 Å². The zero-order chi connectivity index (χ0) is 14.0. The molecule has 0 radical (unpaired) electrons. The monoisotopic (exact) mass is 281 g/mol. The van der Waals surface area contributed by atoms with E-state index in [2.05, 4.69) is 0 Å². The largest absolute Gasteiger partial charge is 0.341 e. The van der Waals surface area contributed by atoms with Crippen LogP contribution in [0.2, 0.25) is 0 Å². The molecular formula is C14H19NO3S. The van der Waals surface area contributed by atoms with Gasteiger partial charge in [-0.05, 0) is 24.5 Å². The Morgan fingerprint density at radius 2 is 2.05 bits per heavy atom. The average molecular weight is 281 g/mol. The van der Waals surface area contributed by atoms with Crippen LogP contribution in [0.5, 0.6) is 0 Å². The highest BCUT2D eigenvalue weighted by Crippen LogP contribution is 2.21. The fraction of sp³-hybridized carbons (Fsp3) is 0.500. The van der Waals surface area contributed by atoms with Gasteiger partial charge >= 0.3 is 0 Å². The summed E-state index contributed by atoms with van der Waals surface area (Å²) in [7, 11) is -1.27. The minimum Gasteiger partial charge on any atom is -0.341 e. The number of carbonyl (C=O) groups is 1. The van der Waals surface area contributed by atoms with Gasteiger partial charge in [-0.15, -0.1) is 0 Å². The minimum absolute atomic E-state index is 0.00391. The quantitative estimate of drug-likeness (QED) is 0.841. The van der Waals surface area contributed by atoms with E-state index in [1.54, 1.807) is 11.9 Å². The lowest BCUT2D eigenvalue weighted by molar-refractivity contribution is -0.133. The van der Waals surface area contributed by atoms with Crippen LogP contribution in [0.4, 0.5) is 0 Å². The molecule has 0 aliphatic carbocycles. The predicted octanol–water partition coefficient (Wildman–Crippen LogP) is 1.39. The molecule has 0 unspecified atom stereocenters. The highest BCUT2D eigenvalue weighted by Gasteiger charge is 2.34. The topological polar surface area (TPSA) is 54.5 Å². The number of hydrogen-bond donors (Lipinski definition) is 0. The van der Waals surface area contributed by atoms with Gasteiger partial charge in [0, 0.05) is 13.6 Å². The van der Waals surface area contributed by atoms with Gasteiger partial charge in [0.1, 0.15) is 0 Å². The fourth-order valence-corrected chi connectivity index (χ4v) is 4.15. The Labute approximate surface area is 114 Å². The molecule has 1 aromatic carbocycles. The second-order valence-corrected chi connectivity index (χ2v) is 7.45. The van der Waals surface area contributed by atoms with Gasteiger partial charge in [-0.25, -0.2) is 8.42 Å². The Kier molecular flexibility index (Phi) is 3.94. The number of rotatable bonds is 3. The van der Waals surface area contributed by atoms with Gasteiger partial charge in [0.15, 0.2) is 9.84 Å². The van der Waals surface area contributed by atoms with Gasteiger partial charge < -0.3 is 4.90 Å². The Morgan fingerprint density at radius 1 is 1.37 bits per heavy atom. The number of carbonyl (C=O) groups excluding carboxylic acids is 1. The third kappa shape index (κ3) is 3.35. The van der Waals surface area contributed by atoms with Crippen molar-refractivity contribution in [3.05, 3.63) is 35.4 Å². The molecule has 19 heavy (non-hydrogen) atoms. The molecule has 1 atom stereocenters. The number of benzene rings is 1. The first-order valence-electron chi connectivity index (χ1n) is 6.39. The third-order valence-corrected chi connectivity index (χ3v) is 5.39. The maximum atomic E-state index is 12.2. The fourth-order valence-electron chi connectivity index (χ4n) is 2.42. The van der Waals surface area contributed by atoms with Gasteiger partial charge in [0.2, 0.25) is 5.91 Å². The van der Waals surface area contributed by atoms with Gasteiger partial charge in [-0.1, -0.05) is 24.3 Å². The second-order valence-electron chi connectivity index (χ2n) is 5.22. The predicted molar refractivity (Wildman–Crippen MR) is 74.4 cm³/mol. The van der Waals surface area contributed by atoms with Gasteiger partial charge in [-0.2, -0.15) is 0 Å². The van der Waals surface area contributed by atoms with Crippen molar-refractivity contribution in [3.63, 3.8) is 0 Å². The molecule has 4 nitrogen and oxygen atoms in total. The number of sulfone groups is 1. The zero-order valence-electron chi connectivity index (χ0n) is 11.3. The Hall–Kier alpha value is -1.36. The summed E-state index contributed by atoms with van der Waals surface area (Å²) in [5.74, 6) is -0.283. The molecule has 2 rings (SSSR count). The van der Waals surface area contributed by atoms with E-state index in [0.29, 0.717) is 13.0 Å². The SMILES string of the molecule is Cc1ccccc1CN(C)C(=O)[C@@H]1CCS(=O)(=O)C1. The van der Waals surface area contributed by atoms with Crippen molar-refractivity contribution in [2.24, 2.45) is 5.92 Å². The van der Waals surface area contributed by atoms with Gasteiger partial charge in [0.05, 0.1) is 17.4 Å². The molecule has 0 bridgehead atoms. The molecular weight excluding hydrogens is 262 g/mol. The van der Waals surface area contributed by atoms with Crippen LogP contribution < -0.4 is 0 Å². The van der Waals surface area contributed by atoms with E-state index < -0.39 is 9.84 Å². The maximum absolute atomic E-state index is 12.2. The molecule has 1 aliphatic rings. The van der Waals surface area contributed by atoms with E-state index in [-0.39, 0.29) is 23.3 Å². The summed E-state index contributed by atoms with van der Waals surface area (Å²) in [6, 6.07) is 7.91. The first-order valence-corrected chi connectivity index (χ1v) is 8.21. The molecule has 104 valence electrons. The molecule has 0 N–H and O–H groups in total. The third-order valence-electron chi connectivity index (χ3n) is 3.63. The lowest BCUT2D eigenvalue weighted by Crippen LogP contribution is -2.33. The summed E-state index contributed by atoms with van der Waals surface area (Å²) in [6.45, 7) is 2.54. The number of hydrogen-bond acceptors (Lipinski definition) is 3. The van der Waals surface area contributed by atoms with E-state index in [4.69, 9.17) is 0 Å². The van der Waals surface area contributed by atoms with Crippen LogP contribution in [-0.4, -0.2) is 37.8 Å². The minimum atomic E-state index is -3.00. The highest BCUT2D eigenvalue weighted by atomic mass is 32.2. The van der Waals surface area contributed by atoms with Crippen molar-refractivity contribution in [2.75, 3.05) is 18.6 Å². The summed E-state index contributed by atoms with van der Waals surface area (Å²) < 4.78 is 22.8. The van der Waals surface area contributed by atoms with Crippen LogP contribution >= 0.6 is 0 Å². The molecule has 1 amide bonds. The maximum Gasteiger partial charge on any atom is 0.226 e. The van der Waals surface area contributed by atoms with Crippen LogP contribution in [0, 0.1) is 12.8 Å². The molecule has 5 heteroatoms. The first kappa shape index (κ1) is 14.1. The molecule has 1 heterocycles. The molecule has 0 saturated carbocycles. The number of aryl methyl sites for hydroxylation is 1. The Bertz CT molecular complexity index is 580. The van der Waals surface area contributed by atoms with Crippen molar-refractivity contribution in [3.8, 4) is 0 Å². The summed E-state index contributed by atoms with van der Waals surface area (Å²) in [6.07, 6.45) is 0.458. The molecule has 1 saturated heterocycles. The lowest BCUT2D eigenvalue weighted by atomic mass is 10.1. The van der Waals surface area contributed by atoms with E-state index >= 15 is 0 Å². The standard InChI is InChI=1S/C14H19NO3S/c1-11-5-3-4-6-12(11)9-15(2)14(16)13-7-8-19(17,18)10-13/h3-6,13H,7-10H2,1-2H3/t13-/m1/s1. The summed E-state index contributed by atoms with van der Waals surface area (Å²) in [4.78, 5) is 13.8. The molecule has 1 fully saturated rings. The van der Waals surface area contributed by atoms with Crippen molar-refractivity contribution >= 4 is 15.7 Å². The van der Waals surface area contributed by atoms with Gasteiger partial charge in [-0.3, -0.25) is 4.79 Å². The Balaban J connectivity index is 2.03. The normalized spacial score (nSPS) is 21.3. The molecule has 1 aliphatic heterocycles. The van der Waals surface area contributed by atoms with Crippen molar-refractivity contribution in [1.82, 2.24) is 4.90 Å². The van der Waals surface area contributed by atoms with Crippen LogP contribution in [-0.2, 0) is 21.2 Å². The first-order chi connectivity index (χ1) is 8.89. The van der Waals surface area contributed by atoms with E-state index in [0.717, 1.165) is 11.1 Å². The lowest BCUT2D eigenvalue weighted by Gasteiger charge is -2.21. The Morgan fingerprint density at radius 3 is 2.63 bits per heavy atom. The highest BCUT2D eigenvalue weighted by molar-refractivity contribution is 7.91.